The highest BCUT2D eigenvalue weighted by molar-refractivity contribution is 7.89. The molecule has 2 heterocycles. The summed E-state index contributed by atoms with van der Waals surface area (Å²) in [7, 11) is -3.80. The summed E-state index contributed by atoms with van der Waals surface area (Å²) in [6.45, 7) is 0.461. The fraction of sp³-hybridized carbons (Fsp3) is 0.500. The van der Waals surface area contributed by atoms with Crippen LogP contribution in [0.5, 0.6) is 0 Å². The van der Waals surface area contributed by atoms with Crippen LogP contribution in [0.15, 0.2) is 21.6 Å². The first kappa shape index (κ1) is 13.1. The third-order valence-electron chi connectivity index (χ3n) is 2.89. The monoisotopic (exact) mass is 275 g/mol. The minimum Gasteiger partial charge on any atom is -0.475 e. The van der Waals surface area contributed by atoms with E-state index in [1.807, 2.05) is 0 Å². The van der Waals surface area contributed by atoms with Crippen molar-refractivity contribution in [1.29, 1.82) is 0 Å². The van der Waals surface area contributed by atoms with E-state index in [0.717, 1.165) is 12.1 Å². The van der Waals surface area contributed by atoms with Gasteiger partial charge >= 0.3 is 5.97 Å². The number of carbonyl (C=O) groups is 1. The van der Waals surface area contributed by atoms with Crippen molar-refractivity contribution in [3.8, 4) is 0 Å². The highest BCUT2D eigenvalue weighted by Crippen LogP contribution is 2.25. The van der Waals surface area contributed by atoms with Crippen LogP contribution in [0, 0.1) is 5.92 Å². The van der Waals surface area contributed by atoms with Gasteiger partial charge in [0.25, 0.3) is 10.0 Å². The Balaban J connectivity index is 2.23. The molecule has 0 aliphatic carbocycles. The van der Waals surface area contributed by atoms with Crippen LogP contribution in [0.2, 0.25) is 0 Å². The zero-order chi connectivity index (χ0) is 13.3. The summed E-state index contributed by atoms with van der Waals surface area (Å²) >= 11 is 0. The van der Waals surface area contributed by atoms with Crippen LogP contribution in [0.3, 0.4) is 0 Å². The topological polar surface area (TPSA) is 108 Å². The maximum atomic E-state index is 12.1. The molecule has 1 atom stereocenters. The molecule has 0 radical (unpaired) electrons. The van der Waals surface area contributed by atoms with Gasteiger partial charge in [0.1, 0.15) is 0 Å². The van der Waals surface area contributed by atoms with Crippen molar-refractivity contribution in [2.75, 3.05) is 19.7 Å². The van der Waals surface area contributed by atoms with Gasteiger partial charge in [-0.2, -0.15) is 4.31 Å². The molecule has 0 amide bonds. The van der Waals surface area contributed by atoms with Crippen LogP contribution in [-0.4, -0.2) is 48.6 Å². The molecule has 1 saturated heterocycles. The number of aliphatic hydroxyl groups excluding tert-OH is 1. The molecule has 0 spiro atoms. The number of hydrogen-bond donors (Lipinski definition) is 2. The Morgan fingerprint density at radius 3 is 2.72 bits per heavy atom. The summed E-state index contributed by atoms with van der Waals surface area (Å²) in [5, 5.41) is 17.3. The Bertz CT molecular complexity index is 548. The molecule has 18 heavy (non-hydrogen) atoms. The normalized spacial score (nSPS) is 21.3. The summed E-state index contributed by atoms with van der Waals surface area (Å²) in [6, 6.07) is 2.24. The number of sulfonamides is 1. The molecule has 1 aromatic rings. The number of carboxylic acids is 1. The Morgan fingerprint density at radius 1 is 1.50 bits per heavy atom. The van der Waals surface area contributed by atoms with Gasteiger partial charge in [0.2, 0.25) is 10.9 Å². The first-order valence-electron chi connectivity index (χ1n) is 5.39. The molecule has 8 heteroatoms. The maximum Gasteiger partial charge on any atom is 0.371 e. The summed E-state index contributed by atoms with van der Waals surface area (Å²) < 4.78 is 30.2. The van der Waals surface area contributed by atoms with Crippen molar-refractivity contribution in [3.05, 3.63) is 17.9 Å². The third-order valence-corrected chi connectivity index (χ3v) is 4.63. The van der Waals surface area contributed by atoms with Crippen LogP contribution >= 0.6 is 0 Å². The minimum absolute atomic E-state index is 0.0649. The number of aliphatic hydroxyl groups is 1. The molecule has 2 rings (SSSR count). The SMILES string of the molecule is O=C(O)c1ccc(S(=O)(=O)N2CCC(CO)C2)o1. The lowest BCUT2D eigenvalue weighted by Crippen LogP contribution is -2.29. The van der Waals surface area contributed by atoms with Crippen LogP contribution in [0.4, 0.5) is 0 Å². The molecule has 1 aliphatic heterocycles. The summed E-state index contributed by atoms with van der Waals surface area (Å²) in [5.41, 5.74) is 0. The number of aromatic carboxylic acids is 1. The van der Waals surface area contributed by atoms with E-state index in [1.165, 1.54) is 4.31 Å². The Kier molecular flexibility index (Phi) is 3.42. The summed E-state index contributed by atoms with van der Waals surface area (Å²) in [4.78, 5) is 10.6. The third kappa shape index (κ3) is 2.26. The number of furan rings is 1. The summed E-state index contributed by atoms with van der Waals surface area (Å²) in [5.74, 6) is -1.80. The van der Waals surface area contributed by atoms with Gasteiger partial charge in [-0.1, -0.05) is 0 Å². The van der Waals surface area contributed by atoms with Gasteiger partial charge in [0.05, 0.1) is 0 Å². The molecule has 7 nitrogen and oxygen atoms in total. The molecule has 1 aliphatic rings. The van der Waals surface area contributed by atoms with Gasteiger partial charge in [-0.05, 0) is 24.5 Å². The quantitative estimate of drug-likeness (QED) is 0.799. The molecular weight excluding hydrogens is 262 g/mol. The molecule has 1 aromatic heterocycles. The van der Waals surface area contributed by atoms with E-state index in [4.69, 9.17) is 14.6 Å². The van der Waals surface area contributed by atoms with Crippen molar-refractivity contribution in [2.45, 2.75) is 11.5 Å². The van der Waals surface area contributed by atoms with E-state index in [2.05, 4.69) is 0 Å². The van der Waals surface area contributed by atoms with Crippen LogP contribution < -0.4 is 0 Å². The van der Waals surface area contributed by atoms with Gasteiger partial charge in [0.15, 0.2) is 0 Å². The number of rotatable bonds is 4. The fourth-order valence-electron chi connectivity index (χ4n) is 1.87. The molecule has 0 saturated carbocycles. The van der Waals surface area contributed by atoms with E-state index >= 15 is 0 Å². The van der Waals surface area contributed by atoms with E-state index in [1.54, 1.807) is 0 Å². The Hall–Kier alpha value is -1.38. The smallest absolute Gasteiger partial charge is 0.371 e. The Morgan fingerprint density at radius 2 is 2.22 bits per heavy atom. The fourth-order valence-corrected chi connectivity index (χ4v) is 3.31. The van der Waals surface area contributed by atoms with Gasteiger partial charge in [-0.25, -0.2) is 13.2 Å². The molecule has 1 fully saturated rings. The number of carboxylic acid groups (broad SMARTS) is 1. The lowest BCUT2D eigenvalue weighted by Gasteiger charge is -2.13. The molecule has 100 valence electrons. The highest BCUT2D eigenvalue weighted by atomic mass is 32.2. The van der Waals surface area contributed by atoms with Crippen molar-refractivity contribution in [3.63, 3.8) is 0 Å². The second kappa shape index (κ2) is 4.71. The largest absolute Gasteiger partial charge is 0.475 e. The van der Waals surface area contributed by atoms with Crippen molar-refractivity contribution >= 4 is 16.0 Å². The average molecular weight is 275 g/mol. The predicted molar refractivity (Wildman–Crippen MR) is 59.6 cm³/mol. The lowest BCUT2D eigenvalue weighted by atomic mass is 10.1. The van der Waals surface area contributed by atoms with Gasteiger partial charge in [0, 0.05) is 19.7 Å². The zero-order valence-corrected chi connectivity index (χ0v) is 10.3. The molecule has 2 N–H and O–H groups in total. The Labute approximate surface area is 104 Å². The van der Waals surface area contributed by atoms with Crippen molar-refractivity contribution in [1.82, 2.24) is 4.31 Å². The van der Waals surface area contributed by atoms with Crippen LogP contribution in [0.1, 0.15) is 17.0 Å². The standard InChI is InChI=1S/C10H13NO6S/c12-6-7-3-4-11(5-7)18(15,16)9-2-1-8(17-9)10(13)14/h1-2,7,12H,3-6H2,(H,13,14). The molecule has 0 bridgehead atoms. The lowest BCUT2D eigenvalue weighted by molar-refractivity contribution is 0.0656. The van der Waals surface area contributed by atoms with Gasteiger partial charge in [-0.15, -0.1) is 0 Å². The predicted octanol–water partition coefficient (Wildman–Crippen LogP) is -0.0193. The van der Waals surface area contributed by atoms with Crippen LogP contribution in [-0.2, 0) is 10.0 Å². The van der Waals surface area contributed by atoms with E-state index in [0.29, 0.717) is 13.0 Å². The minimum atomic E-state index is -3.80. The van der Waals surface area contributed by atoms with E-state index in [-0.39, 0.29) is 24.2 Å². The molecular formula is C10H13NO6S. The van der Waals surface area contributed by atoms with Crippen molar-refractivity contribution < 1.29 is 27.8 Å². The highest BCUT2D eigenvalue weighted by Gasteiger charge is 2.34. The van der Waals surface area contributed by atoms with E-state index < -0.39 is 21.8 Å². The van der Waals surface area contributed by atoms with E-state index in [9.17, 15) is 13.2 Å². The summed E-state index contributed by atoms with van der Waals surface area (Å²) in [6.07, 6.45) is 0.586. The maximum absolute atomic E-state index is 12.1. The second-order valence-electron chi connectivity index (χ2n) is 4.12. The first-order valence-corrected chi connectivity index (χ1v) is 6.83. The van der Waals surface area contributed by atoms with Gasteiger partial charge < -0.3 is 14.6 Å². The first-order chi connectivity index (χ1) is 8.45. The van der Waals surface area contributed by atoms with Gasteiger partial charge in [-0.3, -0.25) is 0 Å². The zero-order valence-electron chi connectivity index (χ0n) is 9.44. The average Bonchev–Trinajstić information content (AvgIpc) is 2.98. The second-order valence-corrected chi connectivity index (χ2v) is 5.99. The molecule has 0 aromatic carbocycles. The molecule has 1 unspecified atom stereocenters. The number of nitrogens with zero attached hydrogens (tertiary/aromatic N) is 1. The number of hydrogen-bond acceptors (Lipinski definition) is 5. The van der Waals surface area contributed by atoms with Crippen LogP contribution in [0.25, 0.3) is 0 Å². The van der Waals surface area contributed by atoms with Crippen molar-refractivity contribution in [2.24, 2.45) is 5.92 Å².